The fourth-order valence-electron chi connectivity index (χ4n) is 1.67. The quantitative estimate of drug-likeness (QED) is 0.413. The Hall–Kier alpha value is -1.09. The monoisotopic (exact) mass is 228 g/mol. The second-order valence-electron chi connectivity index (χ2n) is 3.59. The van der Waals surface area contributed by atoms with E-state index >= 15 is 0 Å². The second kappa shape index (κ2) is 3.81. The van der Waals surface area contributed by atoms with Crippen LogP contribution >= 0.6 is 11.6 Å². The lowest BCUT2D eigenvalue weighted by Gasteiger charge is -2.27. The molecule has 1 aliphatic rings. The minimum atomic E-state index is -1.42. The number of rotatable bonds is 2. The van der Waals surface area contributed by atoms with Crippen molar-refractivity contribution < 1.29 is 14.3 Å². The maximum Gasteiger partial charge on any atom is 0.304 e. The predicted molar refractivity (Wildman–Crippen MR) is 57.7 cm³/mol. The van der Waals surface area contributed by atoms with Crippen molar-refractivity contribution in [2.45, 2.75) is 31.7 Å². The molecular formula is C11H13ClO3. The number of esters is 1. The summed E-state index contributed by atoms with van der Waals surface area (Å²) in [4.78, 5) is 22.9. The number of hydrogen-bond donors (Lipinski definition) is 0. The van der Waals surface area contributed by atoms with Crippen molar-refractivity contribution in [1.82, 2.24) is 0 Å². The normalized spacial score (nSPS) is 30.7. The molecule has 1 aliphatic carbocycles. The zero-order valence-electron chi connectivity index (χ0n) is 8.96. The van der Waals surface area contributed by atoms with Gasteiger partial charge in [0.15, 0.2) is 0 Å². The number of halogens is 1. The molecule has 0 saturated carbocycles. The van der Waals surface area contributed by atoms with E-state index in [1.54, 1.807) is 13.8 Å². The molecule has 0 bridgehead atoms. The third-order valence-corrected chi connectivity index (χ3v) is 3.31. The molecule has 82 valence electrons. The SMILES string of the molecule is C=CC1(OC(C)=O)C(=O)C(C)=C(C)C1Cl. The van der Waals surface area contributed by atoms with Gasteiger partial charge in [0.1, 0.15) is 5.38 Å². The molecule has 2 unspecified atom stereocenters. The number of carbonyl (C=O) groups excluding carboxylic acids is 2. The van der Waals surface area contributed by atoms with Gasteiger partial charge in [-0.2, -0.15) is 0 Å². The molecule has 0 aliphatic heterocycles. The molecule has 3 nitrogen and oxygen atoms in total. The van der Waals surface area contributed by atoms with Crippen LogP contribution in [0.2, 0.25) is 0 Å². The van der Waals surface area contributed by atoms with E-state index in [1.807, 2.05) is 0 Å². The van der Waals surface area contributed by atoms with Crippen LogP contribution in [0.3, 0.4) is 0 Å². The molecule has 0 spiro atoms. The first-order valence-corrected chi connectivity index (χ1v) is 5.00. The number of hydrogen-bond acceptors (Lipinski definition) is 3. The van der Waals surface area contributed by atoms with Crippen LogP contribution in [-0.4, -0.2) is 22.7 Å². The first-order chi connectivity index (χ1) is 6.86. The largest absolute Gasteiger partial charge is 0.445 e. The van der Waals surface area contributed by atoms with Crippen LogP contribution in [0.1, 0.15) is 20.8 Å². The van der Waals surface area contributed by atoms with Gasteiger partial charge in [0, 0.05) is 6.92 Å². The Morgan fingerprint density at radius 2 is 2.13 bits per heavy atom. The van der Waals surface area contributed by atoms with Gasteiger partial charge in [0.2, 0.25) is 11.4 Å². The van der Waals surface area contributed by atoms with E-state index in [0.29, 0.717) is 5.57 Å². The molecule has 0 aromatic carbocycles. The number of Topliss-reactive ketones (excluding diaryl/α,β-unsaturated/α-hetero) is 1. The van der Waals surface area contributed by atoms with Crippen LogP contribution in [-0.2, 0) is 14.3 Å². The van der Waals surface area contributed by atoms with Crippen molar-refractivity contribution in [3.05, 3.63) is 23.8 Å². The van der Waals surface area contributed by atoms with Crippen molar-refractivity contribution in [2.75, 3.05) is 0 Å². The molecule has 0 aromatic heterocycles. The van der Waals surface area contributed by atoms with E-state index in [9.17, 15) is 9.59 Å². The van der Waals surface area contributed by atoms with Gasteiger partial charge in [-0.3, -0.25) is 9.59 Å². The van der Waals surface area contributed by atoms with Crippen molar-refractivity contribution in [3.63, 3.8) is 0 Å². The van der Waals surface area contributed by atoms with Crippen LogP contribution in [0.25, 0.3) is 0 Å². The van der Waals surface area contributed by atoms with Crippen LogP contribution in [0.15, 0.2) is 23.8 Å². The highest BCUT2D eigenvalue weighted by molar-refractivity contribution is 6.29. The van der Waals surface area contributed by atoms with Gasteiger partial charge in [-0.05, 0) is 31.1 Å². The predicted octanol–water partition coefficient (Wildman–Crippen LogP) is 2.00. The number of carbonyl (C=O) groups is 2. The molecule has 0 amide bonds. The lowest BCUT2D eigenvalue weighted by molar-refractivity contribution is -0.157. The highest BCUT2D eigenvalue weighted by Gasteiger charge is 2.52. The summed E-state index contributed by atoms with van der Waals surface area (Å²) in [5.41, 5.74) is -0.152. The number of alkyl halides is 1. The molecule has 2 atom stereocenters. The van der Waals surface area contributed by atoms with Gasteiger partial charge in [0.25, 0.3) is 0 Å². The molecule has 0 fully saturated rings. The third kappa shape index (κ3) is 1.61. The van der Waals surface area contributed by atoms with Crippen molar-refractivity contribution >= 4 is 23.4 Å². The van der Waals surface area contributed by atoms with Crippen LogP contribution in [0.4, 0.5) is 0 Å². The molecular weight excluding hydrogens is 216 g/mol. The highest BCUT2D eigenvalue weighted by atomic mass is 35.5. The summed E-state index contributed by atoms with van der Waals surface area (Å²) in [5.74, 6) is -0.832. The fourth-order valence-corrected chi connectivity index (χ4v) is 2.07. The zero-order chi connectivity index (χ0) is 11.8. The van der Waals surface area contributed by atoms with E-state index in [-0.39, 0.29) is 5.78 Å². The molecule has 0 radical (unpaired) electrons. The minimum Gasteiger partial charge on any atom is -0.445 e. The summed E-state index contributed by atoms with van der Waals surface area (Å²) >= 11 is 6.09. The van der Waals surface area contributed by atoms with Crippen LogP contribution in [0, 0.1) is 0 Å². The van der Waals surface area contributed by atoms with Gasteiger partial charge in [-0.15, -0.1) is 11.6 Å². The Morgan fingerprint density at radius 1 is 1.60 bits per heavy atom. The number of ketones is 1. The van der Waals surface area contributed by atoms with Gasteiger partial charge in [-0.1, -0.05) is 6.58 Å². The summed E-state index contributed by atoms with van der Waals surface area (Å²) < 4.78 is 5.03. The topological polar surface area (TPSA) is 43.4 Å². The molecule has 15 heavy (non-hydrogen) atoms. The Balaban J connectivity index is 3.20. The van der Waals surface area contributed by atoms with E-state index in [2.05, 4.69) is 6.58 Å². The van der Waals surface area contributed by atoms with Crippen molar-refractivity contribution in [3.8, 4) is 0 Å². The van der Waals surface area contributed by atoms with E-state index in [1.165, 1.54) is 13.0 Å². The van der Waals surface area contributed by atoms with Crippen LogP contribution in [0.5, 0.6) is 0 Å². The first kappa shape index (κ1) is 12.0. The highest BCUT2D eigenvalue weighted by Crippen LogP contribution is 2.39. The van der Waals surface area contributed by atoms with Gasteiger partial charge in [-0.25, -0.2) is 0 Å². The smallest absolute Gasteiger partial charge is 0.304 e. The van der Waals surface area contributed by atoms with Crippen molar-refractivity contribution in [1.29, 1.82) is 0 Å². The average molecular weight is 229 g/mol. The van der Waals surface area contributed by atoms with E-state index in [0.717, 1.165) is 5.57 Å². The maximum atomic E-state index is 11.9. The maximum absolute atomic E-state index is 11.9. The Morgan fingerprint density at radius 3 is 2.40 bits per heavy atom. The third-order valence-electron chi connectivity index (χ3n) is 2.66. The summed E-state index contributed by atoms with van der Waals surface area (Å²) in [6.07, 6.45) is 1.30. The standard InChI is InChI=1S/C11H13ClO3/c1-5-11(15-8(4)13)9(12)6(2)7(3)10(11)14/h5,9H,1H2,2-4H3. The average Bonchev–Trinajstić information content (AvgIpc) is 2.33. The van der Waals surface area contributed by atoms with E-state index in [4.69, 9.17) is 16.3 Å². The number of ether oxygens (including phenoxy) is 1. The molecule has 4 heteroatoms. The fraction of sp³-hybridized carbons (Fsp3) is 0.455. The summed E-state index contributed by atoms with van der Waals surface area (Å²) in [6.45, 7) is 8.19. The summed E-state index contributed by atoms with van der Waals surface area (Å²) in [5, 5.41) is -0.661. The Bertz CT molecular complexity index is 370. The Labute approximate surface area is 93.7 Å². The molecule has 1 rings (SSSR count). The van der Waals surface area contributed by atoms with Crippen LogP contribution < -0.4 is 0 Å². The lowest BCUT2D eigenvalue weighted by Crippen LogP contribution is -2.45. The van der Waals surface area contributed by atoms with Crippen molar-refractivity contribution in [2.24, 2.45) is 0 Å². The summed E-state index contributed by atoms with van der Waals surface area (Å²) in [6, 6.07) is 0. The molecule has 0 saturated heterocycles. The lowest BCUT2D eigenvalue weighted by atomic mass is 9.97. The van der Waals surface area contributed by atoms with Gasteiger partial charge in [0.05, 0.1) is 0 Å². The van der Waals surface area contributed by atoms with Gasteiger partial charge >= 0.3 is 5.97 Å². The first-order valence-electron chi connectivity index (χ1n) is 4.56. The molecule has 0 aromatic rings. The molecule has 0 heterocycles. The zero-order valence-corrected chi connectivity index (χ0v) is 9.72. The van der Waals surface area contributed by atoms with E-state index < -0.39 is 16.9 Å². The summed E-state index contributed by atoms with van der Waals surface area (Å²) in [7, 11) is 0. The minimum absolute atomic E-state index is 0.287. The Kier molecular flexibility index (Phi) is 3.05. The van der Waals surface area contributed by atoms with Gasteiger partial charge < -0.3 is 4.74 Å². The second-order valence-corrected chi connectivity index (χ2v) is 4.03. The molecule has 0 N–H and O–H groups in total.